The zero-order chi connectivity index (χ0) is 15.2. The second-order valence-corrected chi connectivity index (χ2v) is 5.15. The normalized spacial score (nSPS) is 12.0. The first-order valence-electron chi connectivity index (χ1n) is 7.08. The summed E-state index contributed by atoms with van der Waals surface area (Å²) in [4.78, 5) is 11.4. The number of nitrogens with one attached hydrogen (secondary N) is 1. The predicted octanol–water partition coefficient (Wildman–Crippen LogP) is 3.63. The molecule has 2 aromatic rings. The van der Waals surface area contributed by atoms with Gasteiger partial charge in [0.25, 0.3) is 0 Å². The van der Waals surface area contributed by atoms with E-state index in [1.54, 1.807) is 12.1 Å². The number of ether oxygens (including phenoxy) is 1. The molecule has 2 aromatic carbocycles. The van der Waals surface area contributed by atoms with Crippen molar-refractivity contribution >= 4 is 5.97 Å². The Balaban J connectivity index is 1.97. The van der Waals surface area contributed by atoms with E-state index in [9.17, 15) is 4.79 Å². The number of benzene rings is 2. The van der Waals surface area contributed by atoms with Gasteiger partial charge in [-0.3, -0.25) is 0 Å². The van der Waals surface area contributed by atoms with Crippen molar-refractivity contribution in [3.63, 3.8) is 0 Å². The Kier molecular flexibility index (Phi) is 5.12. The zero-order valence-electron chi connectivity index (χ0n) is 12.7. The van der Waals surface area contributed by atoms with E-state index in [0.717, 1.165) is 12.1 Å². The molecule has 3 heteroatoms. The van der Waals surface area contributed by atoms with Crippen LogP contribution in [0.25, 0.3) is 0 Å². The number of methoxy groups -OCH3 is 1. The van der Waals surface area contributed by atoms with Crippen molar-refractivity contribution < 1.29 is 9.53 Å². The molecule has 0 aliphatic rings. The number of rotatable bonds is 5. The maximum atomic E-state index is 11.4. The van der Waals surface area contributed by atoms with Gasteiger partial charge in [0.15, 0.2) is 0 Å². The van der Waals surface area contributed by atoms with Crippen molar-refractivity contribution in [2.75, 3.05) is 7.11 Å². The van der Waals surface area contributed by atoms with Gasteiger partial charge in [0.1, 0.15) is 0 Å². The predicted molar refractivity (Wildman–Crippen MR) is 84.2 cm³/mol. The van der Waals surface area contributed by atoms with Crippen molar-refractivity contribution in [3.8, 4) is 0 Å². The Morgan fingerprint density at radius 2 is 1.81 bits per heavy atom. The van der Waals surface area contributed by atoms with Crippen LogP contribution in [0.4, 0.5) is 0 Å². The van der Waals surface area contributed by atoms with Crippen LogP contribution >= 0.6 is 0 Å². The van der Waals surface area contributed by atoms with E-state index < -0.39 is 0 Å². The molecule has 0 saturated carbocycles. The summed E-state index contributed by atoms with van der Waals surface area (Å²) in [6.45, 7) is 5.04. The van der Waals surface area contributed by atoms with Crippen LogP contribution in [0.2, 0.25) is 0 Å². The number of esters is 1. The SMILES string of the molecule is COC(=O)c1ccc(CNC(C)c2ccccc2C)cc1. The van der Waals surface area contributed by atoms with Crippen LogP contribution in [0.3, 0.4) is 0 Å². The highest BCUT2D eigenvalue weighted by atomic mass is 16.5. The number of hydrogen-bond acceptors (Lipinski definition) is 3. The van der Waals surface area contributed by atoms with E-state index >= 15 is 0 Å². The molecule has 0 aliphatic carbocycles. The first-order chi connectivity index (χ1) is 10.1. The molecule has 3 nitrogen and oxygen atoms in total. The fourth-order valence-corrected chi connectivity index (χ4v) is 2.33. The molecule has 2 rings (SSSR count). The summed E-state index contributed by atoms with van der Waals surface area (Å²) in [6, 6.07) is 16.1. The third-order valence-electron chi connectivity index (χ3n) is 3.64. The van der Waals surface area contributed by atoms with E-state index in [1.807, 2.05) is 12.1 Å². The molecule has 1 unspecified atom stereocenters. The van der Waals surface area contributed by atoms with Crippen molar-refractivity contribution in [1.82, 2.24) is 5.32 Å². The molecule has 0 radical (unpaired) electrons. The van der Waals surface area contributed by atoms with Gasteiger partial charge in [-0.05, 0) is 42.7 Å². The summed E-state index contributed by atoms with van der Waals surface area (Å²) in [5, 5.41) is 3.50. The Morgan fingerprint density at radius 3 is 2.43 bits per heavy atom. The number of aryl methyl sites for hydroxylation is 1. The second kappa shape index (κ2) is 7.04. The minimum absolute atomic E-state index is 0.284. The lowest BCUT2D eigenvalue weighted by molar-refractivity contribution is 0.0600. The lowest BCUT2D eigenvalue weighted by Crippen LogP contribution is -2.18. The van der Waals surface area contributed by atoms with Crippen molar-refractivity contribution in [1.29, 1.82) is 0 Å². The second-order valence-electron chi connectivity index (χ2n) is 5.15. The molecule has 0 saturated heterocycles. The summed E-state index contributed by atoms with van der Waals surface area (Å²) < 4.78 is 4.69. The minimum atomic E-state index is -0.303. The average molecular weight is 283 g/mol. The van der Waals surface area contributed by atoms with Gasteiger partial charge in [0, 0.05) is 12.6 Å². The van der Waals surface area contributed by atoms with Gasteiger partial charge in [-0.15, -0.1) is 0 Å². The van der Waals surface area contributed by atoms with Crippen LogP contribution in [-0.2, 0) is 11.3 Å². The van der Waals surface area contributed by atoms with Gasteiger partial charge < -0.3 is 10.1 Å². The fraction of sp³-hybridized carbons (Fsp3) is 0.278. The Labute approximate surface area is 126 Å². The highest BCUT2D eigenvalue weighted by Gasteiger charge is 2.08. The zero-order valence-corrected chi connectivity index (χ0v) is 12.7. The number of hydrogen-bond donors (Lipinski definition) is 1. The lowest BCUT2D eigenvalue weighted by atomic mass is 10.0. The van der Waals surface area contributed by atoms with Crippen LogP contribution in [-0.4, -0.2) is 13.1 Å². The molecule has 0 aliphatic heterocycles. The molecule has 0 spiro atoms. The Bertz CT molecular complexity index is 605. The molecule has 1 N–H and O–H groups in total. The Morgan fingerprint density at radius 1 is 1.14 bits per heavy atom. The third kappa shape index (κ3) is 3.92. The van der Waals surface area contributed by atoms with Crippen molar-refractivity contribution in [3.05, 3.63) is 70.8 Å². The van der Waals surface area contributed by atoms with E-state index in [0.29, 0.717) is 5.56 Å². The molecule has 0 bridgehead atoms. The maximum Gasteiger partial charge on any atom is 0.337 e. The lowest BCUT2D eigenvalue weighted by Gasteiger charge is -2.16. The monoisotopic (exact) mass is 283 g/mol. The highest BCUT2D eigenvalue weighted by molar-refractivity contribution is 5.89. The summed E-state index contributed by atoms with van der Waals surface area (Å²) in [7, 11) is 1.39. The number of carbonyl (C=O) groups is 1. The maximum absolute atomic E-state index is 11.4. The first-order valence-corrected chi connectivity index (χ1v) is 7.08. The number of carbonyl (C=O) groups excluding carboxylic acids is 1. The van der Waals surface area contributed by atoms with Gasteiger partial charge in [0.05, 0.1) is 12.7 Å². The largest absolute Gasteiger partial charge is 0.465 e. The van der Waals surface area contributed by atoms with Crippen LogP contribution < -0.4 is 5.32 Å². The molecule has 21 heavy (non-hydrogen) atoms. The topological polar surface area (TPSA) is 38.3 Å². The summed E-state index contributed by atoms with van der Waals surface area (Å²) >= 11 is 0. The van der Waals surface area contributed by atoms with E-state index in [1.165, 1.54) is 18.2 Å². The molecular weight excluding hydrogens is 262 g/mol. The molecule has 0 amide bonds. The molecular formula is C18H21NO2. The van der Waals surface area contributed by atoms with E-state index in [-0.39, 0.29) is 12.0 Å². The summed E-state index contributed by atoms with van der Waals surface area (Å²) in [5.41, 5.74) is 4.32. The molecule has 1 atom stereocenters. The van der Waals surface area contributed by atoms with Gasteiger partial charge >= 0.3 is 5.97 Å². The van der Waals surface area contributed by atoms with Crippen LogP contribution in [0.15, 0.2) is 48.5 Å². The molecule has 0 fully saturated rings. The summed E-state index contributed by atoms with van der Waals surface area (Å²) in [6.07, 6.45) is 0. The average Bonchev–Trinajstić information content (AvgIpc) is 2.52. The van der Waals surface area contributed by atoms with Gasteiger partial charge in [-0.1, -0.05) is 36.4 Å². The van der Waals surface area contributed by atoms with Gasteiger partial charge in [-0.2, -0.15) is 0 Å². The van der Waals surface area contributed by atoms with Gasteiger partial charge in [-0.25, -0.2) is 4.79 Å². The van der Waals surface area contributed by atoms with Crippen molar-refractivity contribution in [2.45, 2.75) is 26.4 Å². The van der Waals surface area contributed by atoms with Crippen LogP contribution in [0, 0.1) is 6.92 Å². The molecule has 0 aromatic heterocycles. The van der Waals surface area contributed by atoms with E-state index in [4.69, 9.17) is 4.74 Å². The highest BCUT2D eigenvalue weighted by Crippen LogP contribution is 2.17. The fourth-order valence-electron chi connectivity index (χ4n) is 2.33. The van der Waals surface area contributed by atoms with E-state index in [2.05, 4.69) is 43.4 Å². The van der Waals surface area contributed by atoms with Crippen LogP contribution in [0.1, 0.15) is 40.0 Å². The molecule has 110 valence electrons. The standard InChI is InChI=1S/C18H21NO2/c1-13-6-4-5-7-17(13)14(2)19-12-15-8-10-16(11-9-15)18(20)21-3/h4-11,14,19H,12H2,1-3H3. The van der Waals surface area contributed by atoms with Crippen molar-refractivity contribution in [2.24, 2.45) is 0 Å². The smallest absolute Gasteiger partial charge is 0.337 e. The minimum Gasteiger partial charge on any atom is -0.465 e. The van der Waals surface area contributed by atoms with Gasteiger partial charge in [0.2, 0.25) is 0 Å². The quantitative estimate of drug-likeness (QED) is 0.852. The Hall–Kier alpha value is -2.13. The third-order valence-corrected chi connectivity index (χ3v) is 3.64. The summed E-state index contributed by atoms with van der Waals surface area (Å²) in [5.74, 6) is -0.303. The first kappa shape index (κ1) is 15.3. The molecule has 0 heterocycles. The van der Waals surface area contributed by atoms with Crippen LogP contribution in [0.5, 0.6) is 0 Å².